The van der Waals surface area contributed by atoms with Crippen LogP contribution in [0.2, 0.25) is 5.02 Å². The third-order valence-electron chi connectivity index (χ3n) is 2.97. The highest BCUT2D eigenvalue weighted by Gasteiger charge is 2.10. The first-order valence-electron chi connectivity index (χ1n) is 7.09. The molecule has 0 atom stereocenters. The van der Waals surface area contributed by atoms with Crippen molar-refractivity contribution < 1.29 is 9.21 Å². The number of carbonyl (C=O) groups excluding carboxylic acids is 1. The molecule has 6 nitrogen and oxygen atoms in total. The van der Waals surface area contributed by atoms with E-state index in [9.17, 15) is 4.79 Å². The Labute approximate surface area is 147 Å². The van der Waals surface area contributed by atoms with Gasteiger partial charge in [-0.05, 0) is 17.7 Å². The van der Waals surface area contributed by atoms with Crippen molar-refractivity contribution in [3.8, 4) is 0 Å². The molecule has 0 saturated carbocycles. The maximum absolute atomic E-state index is 11.9. The molecule has 0 unspecified atom stereocenters. The van der Waals surface area contributed by atoms with Gasteiger partial charge in [-0.2, -0.15) is 0 Å². The fourth-order valence-electron chi connectivity index (χ4n) is 1.89. The summed E-state index contributed by atoms with van der Waals surface area (Å²) in [4.78, 5) is 15.9. The number of aromatic nitrogens is 3. The van der Waals surface area contributed by atoms with Crippen LogP contribution in [0.3, 0.4) is 0 Å². The summed E-state index contributed by atoms with van der Waals surface area (Å²) in [6, 6.07) is 13.1. The predicted octanol–water partition coefficient (Wildman–Crippen LogP) is 3.44. The molecule has 1 N–H and O–H groups in total. The zero-order chi connectivity index (χ0) is 16.8. The van der Waals surface area contributed by atoms with Crippen LogP contribution in [0.25, 0.3) is 0 Å². The Morgan fingerprint density at radius 3 is 2.75 bits per heavy atom. The number of rotatable bonds is 6. The van der Waals surface area contributed by atoms with E-state index in [1.165, 1.54) is 18.0 Å². The molecule has 3 aromatic rings. The highest BCUT2D eigenvalue weighted by Crippen LogP contribution is 2.18. The van der Waals surface area contributed by atoms with Crippen LogP contribution in [-0.2, 0) is 11.2 Å². The largest absolute Gasteiger partial charge is 0.416 e. The second-order valence-electron chi connectivity index (χ2n) is 4.82. The summed E-state index contributed by atoms with van der Waals surface area (Å²) in [5.41, 5.74) is 1.09. The van der Waals surface area contributed by atoms with E-state index in [0.29, 0.717) is 28.4 Å². The van der Waals surface area contributed by atoms with Crippen LogP contribution >= 0.6 is 23.4 Å². The lowest BCUT2D eigenvalue weighted by Crippen LogP contribution is -2.14. The molecule has 0 bridgehead atoms. The number of thioether (sulfide) groups is 1. The van der Waals surface area contributed by atoms with Crippen molar-refractivity contribution in [3.05, 3.63) is 65.1 Å². The minimum absolute atomic E-state index is 0.150. The number of carbonyl (C=O) groups is 1. The summed E-state index contributed by atoms with van der Waals surface area (Å²) in [6.45, 7) is 0. The van der Waals surface area contributed by atoms with E-state index in [1.807, 2.05) is 30.3 Å². The number of benzene rings is 1. The fraction of sp³-hybridized carbons (Fsp3) is 0.125. The Kier molecular flexibility index (Phi) is 5.45. The Morgan fingerprint density at radius 2 is 2.00 bits per heavy atom. The number of hydrogen-bond acceptors (Lipinski definition) is 6. The number of anilines is 1. The molecule has 0 aliphatic rings. The third kappa shape index (κ3) is 4.81. The number of halogens is 1. The summed E-state index contributed by atoms with van der Waals surface area (Å²) in [5, 5.41) is 11.5. The molecule has 1 amide bonds. The average molecular weight is 361 g/mol. The highest BCUT2D eigenvalue weighted by molar-refractivity contribution is 7.99. The molecular weight excluding hydrogens is 348 g/mol. The van der Waals surface area contributed by atoms with Crippen LogP contribution in [0, 0.1) is 0 Å². The van der Waals surface area contributed by atoms with Gasteiger partial charge in [0, 0.05) is 6.20 Å². The molecule has 0 aliphatic carbocycles. The summed E-state index contributed by atoms with van der Waals surface area (Å²) >= 11 is 6.92. The van der Waals surface area contributed by atoms with Gasteiger partial charge in [0.1, 0.15) is 5.82 Å². The van der Waals surface area contributed by atoms with Crippen molar-refractivity contribution in [2.24, 2.45) is 0 Å². The highest BCUT2D eigenvalue weighted by atomic mass is 35.5. The number of hydrogen-bond donors (Lipinski definition) is 1. The van der Waals surface area contributed by atoms with Gasteiger partial charge in [0.15, 0.2) is 0 Å². The fourth-order valence-corrected chi connectivity index (χ4v) is 2.59. The lowest BCUT2D eigenvalue weighted by Gasteiger charge is -2.02. The molecule has 0 saturated heterocycles. The van der Waals surface area contributed by atoms with Gasteiger partial charge in [0.2, 0.25) is 11.8 Å². The van der Waals surface area contributed by atoms with E-state index in [2.05, 4.69) is 20.5 Å². The van der Waals surface area contributed by atoms with Crippen LogP contribution in [0.5, 0.6) is 0 Å². The van der Waals surface area contributed by atoms with Gasteiger partial charge >= 0.3 is 0 Å². The van der Waals surface area contributed by atoms with Crippen molar-refractivity contribution in [3.63, 3.8) is 0 Å². The van der Waals surface area contributed by atoms with Gasteiger partial charge in [-0.15, -0.1) is 10.2 Å². The molecule has 3 rings (SSSR count). The quantitative estimate of drug-likeness (QED) is 0.678. The molecule has 2 aromatic heterocycles. The summed E-state index contributed by atoms with van der Waals surface area (Å²) < 4.78 is 5.53. The van der Waals surface area contributed by atoms with E-state index < -0.39 is 0 Å². The summed E-state index contributed by atoms with van der Waals surface area (Å²) in [5.74, 6) is 0.901. The molecule has 2 heterocycles. The molecule has 24 heavy (non-hydrogen) atoms. The first kappa shape index (κ1) is 16.5. The number of nitrogens with zero attached hydrogens (tertiary/aromatic N) is 3. The predicted molar refractivity (Wildman–Crippen MR) is 92.1 cm³/mol. The molecule has 8 heteroatoms. The molecular formula is C16H13ClN4O2S. The smallest absolute Gasteiger partial charge is 0.277 e. The molecule has 1 aromatic carbocycles. The zero-order valence-corrected chi connectivity index (χ0v) is 14.0. The van der Waals surface area contributed by atoms with Gasteiger partial charge < -0.3 is 9.73 Å². The SMILES string of the molecule is O=C(CSc1nnc(Cc2ccccc2)o1)Nc1ccc(Cl)cn1. The van der Waals surface area contributed by atoms with Crippen LogP contribution < -0.4 is 5.32 Å². The van der Waals surface area contributed by atoms with Crippen molar-refractivity contribution in [1.29, 1.82) is 0 Å². The number of nitrogens with one attached hydrogen (secondary N) is 1. The average Bonchev–Trinajstić information content (AvgIpc) is 3.03. The second-order valence-corrected chi connectivity index (χ2v) is 6.19. The summed E-state index contributed by atoms with van der Waals surface area (Å²) in [7, 11) is 0. The number of pyridine rings is 1. The number of amides is 1. The van der Waals surface area contributed by atoms with Crippen molar-refractivity contribution in [2.75, 3.05) is 11.1 Å². The van der Waals surface area contributed by atoms with Crippen molar-refractivity contribution in [2.45, 2.75) is 11.6 Å². The first-order valence-corrected chi connectivity index (χ1v) is 8.46. The van der Waals surface area contributed by atoms with Gasteiger partial charge in [-0.1, -0.05) is 53.7 Å². The Hall–Kier alpha value is -2.38. The van der Waals surface area contributed by atoms with Gasteiger partial charge in [0.05, 0.1) is 17.2 Å². The van der Waals surface area contributed by atoms with Gasteiger partial charge in [-0.25, -0.2) is 4.98 Å². The van der Waals surface area contributed by atoms with Gasteiger partial charge in [0.25, 0.3) is 5.22 Å². The van der Waals surface area contributed by atoms with Crippen LogP contribution in [0.4, 0.5) is 5.82 Å². The van der Waals surface area contributed by atoms with Crippen molar-refractivity contribution in [1.82, 2.24) is 15.2 Å². The molecule has 0 spiro atoms. The lowest BCUT2D eigenvalue weighted by atomic mass is 10.2. The monoisotopic (exact) mass is 360 g/mol. The van der Waals surface area contributed by atoms with Crippen molar-refractivity contribution >= 4 is 35.1 Å². The lowest BCUT2D eigenvalue weighted by molar-refractivity contribution is -0.113. The van der Waals surface area contributed by atoms with E-state index in [1.54, 1.807) is 12.1 Å². The Balaban J connectivity index is 1.50. The zero-order valence-electron chi connectivity index (χ0n) is 12.5. The molecule has 0 aliphatic heterocycles. The van der Waals surface area contributed by atoms with E-state index in [4.69, 9.17) is 16.0 Å². The first-order chi connectivity index (χ1) is 11.7. The van der Waals surface area contributed by atoms with E-state index in [-0.39, 0.29) is 11.7 Å². The third-order valence-corrected chi connectivity index (χ3v) is 4.01. The minimum Gasteiger partial charge on any atom is -0.416 e. The van der Waals surface area contributed by atoms with Crippen LogP contribution in [0.15, 0.2) is 58.3 Å². The second kappa shape index (κ2) is 7.94. The Morgan fingerprint density at radius 1 is 1.17 bits per heavy atom. The maximum Gasteiger partial charge on any atom is 0.277 e. The Bertz CT molecular complexity index is 808. The van der Waals surface area contributed by atoms with Gasteiger partial charge in [-0.3, -0.25) is 4.79 Å². The minimum atomic E-state index is -0.211. The molecule has 122 valence electrons. The topological polar surface area (TPSA) is 80.9 Å². The van der Waals surface area contributed by atoms with E-state index in [0.717, 1.165) is 5.56 Å². The van der Waals surface area contributed by atoms with Crippen LogP contribution in [0.1, 0.15) is 11.5 Å². The molecule has 0 fully saturated rings. The van der Waals surface area contributed by atoms with Crippen LogP contribution in [-0.4, -0.2) is 26.8 Å². The van der Waals surface area contributed by atoms with E-state index >= 15 is 0 Å². The summed E-state index contributed by atoms with van der Waals surface area (Å²) in [6.07, 6.45) is 2.04. The standard InChI is InChI=1S/C16H13ClN4O2S/c17-12-6-7-13(18-9-12)19-14(22)10-24-16-21-20-15(23-16)8-11-4-2-1-3-5-11/h1-7,9H,8,10H2,(H,18,19,22). The maximum atomic E-state index is 11.9. The normalized spacial score (nSPS) is 10.5. The molecule has 0 radical (unpaired) electrons.